The van der Waals surface area contributed by atoms with Crippen molar-refractivity contribution in [2.75, 3.05) is 19.8 Å². The number of rotatable bonds is 10. The van der Waals surface area contributed by atoms with Crippen molar-refractivity contribution in [1.29, 1.82) is 5.26 Å². The third kappa shape index (κ3) is 5.43. The number of nitriles is 1. The van der Waals surface area contributed by atoms with E-state index >= 15 is 0 Å². The maximum Gasteiger partial charge on any atom is 0.501 e. The van der Waals surface area contributed by atoms with Crippen LogP contribution in [0.1, 0.15) is 57.2 Å². The molecule has 0 spiro atoms. The van der Waals surface area contributed by atoms with Crippen LogP contribution in [0.2, 0.25) is 6.04 Å². The fraction of sp³-hybridized carbons (Fsp3) is 0.611. The van der Waals surface area contributed by atoms with Gasteiger partial charge in [-0.05, 0) is 44.2 Å². The summed E-state index contributed by atoms with van der Waals surface area (Å²) in [5, 5.41) is 9.56. The number of nitrogens with zero attached hydrogens (tertiary/aromatic N) is 1. The van der Waals surface area contributed by atoms with Gasteiger partial charge in [-0.3, -0.25) is 0 Å². The highest BCUT2D eigenvalue weighted by molar-refractivity contribution is 6.60. The zero-order chi connectivity index (χ0) is 17.3. The Kier molecular flexibility index (Phi) is 8.49. The van der Waals surface area contributed by atoms with Crippen molar-refractivity contribution < 1.29 is 13.3 Å². The van der Waals surface area contributed by atoms with Crippen LogP contribution < -0.4 is 0 Å². The zero-order valence-electron chi connectivity index (χ0n) is 15.0. The molecule has 0 aliphatic carbocycles. The van der Waals surface area contributed by atoms with Crippen LogP contribution in [0.25, 0.3) is 0 Å². The summed E-state index contributed by atoms with van der Waals surface area (Å²) < 4.78 is 17.7. The first-order valence-corrected chi connectivity index (χ1v) is 10.4. The van der Waals surface area contributed by atoms with Gasteiger partial charge in [0.1, 0.15) is 0 Å². The van der Waals surface area contributed by atoms with E-state index < -0.39 is 8.80 Å². The van der Waals surface area contributed by atoms with Gasteiger partial charge in [-0.15, -0.1) is 0 Å². The number of aryl methyl sites for hydroxylation is 1. The fourth-order valence-corrected chi connectivity index (χ4v) is 5.31. The molecule has 0 aromatic heterocycles. The molecule has 1 rings (SSSR count). The lowest BCUT2D eigenvalue weighted by atomic mass is 9.93. The van der Waals surface area contributed by atoms with Crippen LogP contribution in [0.3, 0.4) is 0 Å². The van der Waals surface area contributed by atoms with E-state index in [1.807, 2.05) is 39.0 Å². The SMILES string of the molecule is CCO[Si](CCc1cccc(C(C)C)c1C#N)(OCC)OCC. The Labute approximate surface area is 141 Å². The van der Waals surface area contributed by atoms with Gasteiger partial charge in [0.15, 0.2) is 0 Å². The van der Waals surface area contributed by atoms with Crippen molar-refractivity contribution in [3.63, 3.8) is 0 Å². The summed E-state index contributed by atoms with van der Waals surface area (Å²) in [5.74, 6) is 0.331. The van der Waals surface area contributed by atoms with Crippen molar-refractivity contribution in [3.05, 3.63) is 34.9 Å². The molecule has 0 unspecified atom stereocenters. The molecule has 4 nitrogen and oxygen atoms in total. The summed E-state index contributed by atoms with van der Waals surface area (Å²) >= 11 is 0. The average Bonchev–Trinajstić information content (AvgIpc) is 2.53. The molecule has 0 fully saturated rings. The van der Waals surface area contributed by atoms with Crippen molar-refractivity contribution >= 4 is 8.80 Å². The average molecular weight is 336 g/mol. The molecule has 23 heavy (non-hydrogen) atoms. The van der Waals surface area contributed by atoms with Gasteiger partial charge in [0.25, 0.3) is 0 Å². The number of hydrogen-bond donors (Lipinski definition) is 0. The largest absolute Gasteiger partial charge is 0.501 e. The van der Waals surface area contributed by atoms with E-state index in [1.165, 1.54) is 0 Å². The smallest absolute Gasteiger partial charge is 0.374 e. The van der Waals surface area contributed by atoms with Crippen LogP contribution in [-0.4, -0.2) is 28.6 Å². The molecule has 0 aliphatic heterocycles. The van der Waals surface area contributed by atoms with Crippen LogP contribution in [0.5, 0.6) is 0 Å². The molecule has 0 radical (unpaired) electrons. The van der Waals surface area contributed by atoms with Gasteiger partial charge < -0.3 is 13.3 Å². The monoisotopic (exact) mass is 335 g/mol. The van der Waals surface area contributed by atoms with E-state index in [-0.39, 0.29) is 0 Å². The molecule has 0 N–H and O–H groups in total. The van der Waals surface area contributed by atoms with Crippen LogP contribution in [0.4, 0.5) is 0 Å². The molecule has 1 aromatic carbocycles. The molecule has 0 saturated carbocycles. The van der Waals surface area contributed by atoms with Gasteiger partial charge in [0, 0.05) is 25.9 Å². The highest BCUT2D eigenvalue weighted by Crippen LogP contribution is 2.25. The lowest BCUT2D eigenvalue weighted by molar-refractivity contribution is 0.0714. The van der Waals surface area contributed by atoms with E-state index in [4.69, 9.17) is 13.3 Å². The van der Waals surface area contributed by atoms with Gasteiger partial charge in [0.2, 0.25) is 0 Å². The molecular formula is C18H29NO3Si. The molecule has 5 heteroatoms. The Bertz CT molecular complexity index is 508. The molecular weight excluding hydrogens is 306 g/mol. The van der Waals surface area contributed by atoms with Gasteiger partial charge in [0.05, 0.1) is 11.6 Å². The van der Waals surface area contributed by atoms with E-state index in [0.29, 0.717) is 31.8 Å². The third-order valence-electron chi connectivity index (χ3n) is 3.71. The first-order valence-electron chi connectivity index (χ1n) is 8.47. The normalized spacial score (nSPS) is 11.7. The van der Waals surface area contributed by atoms with E-state index in [1.54, 1.807) is 0 Å². The molecule has 128 valence electrons. The minimum absolute atomic E-state index is 0.331. The van der Waals surface area contributed by atoms with Crippen molar-refractivity contribution in [3.8, 4) is 6.07 Å². The predicted octanol–water partition coefficient (Wildman–Crippen LogP) is 4.27. The lowest BCUT2D eigenvalue weighted by Gasteiger charge is -2.28. The summed E-state index contributed by atoms with van der Waals surface area (Å²) in [4.78, 5) is 0. The molecule has 0 heterocycles. The minimum Gasteiger partial charge on any atom is -0.374 e. The Morgan fingerprint density at radius 1 is 1.04 bits per heavy atom. The predicted molar refractivity (Wildman–Crippen MR) is 94.4 cm³/mol. The second-order valence-electron chi connectivity index (χ2n) is 5.63. The van der Waals surface area contributed by atoms with Crippen LogP contribution in [0.15, 0.2) is 18.2 Å². The van der Waals surface area contributed by atoms with Gasteiger partial charge >= 0.3 is 8.80 Å². The maximum absolute atomic E-state index is 9.56. The molecule has 0 atom stereocenters. The van der Waals surface area contributed by atoms with E-state index in [9.17, 15) is 5.26 Å². The molecule has 0 amide bonds. The fourth-order valence-electron chi connectivity index (χ4n) is 2.73. The Morgan fingerprint density at radius 2 is 1.61 bits per heavy atom. The highest BCUT2D eigenvalue weighted by Gasteiger charge is 2.40. The van der Waals surface area contributed by atoms with E-state index in [2.05, 4.69) is 19.9 Å². The summed E-state index contributed by atoms with van der Waals surface area (Å²) in [6, 6.07) is 9.14. The first kappa shape index (κ1) is 19.9. The van der Waals surface area contributed by atoms with Crippen LogP contribution in [0, 0.1) is 11.3 Å². The summed E-state index contributed by atoms with van der Waals surface area (Å²) in [5.41, 5.74) is 2.94. The maximum atomic E-state index is 9.56. The topological polar surface area (TPSA) is 51.5 Å². The minimum atomic E-state index is -2.67. The van der Waals surface area contributed by atoms with Gasteiger partial charge in [-0.1, -0.05) is 32.0 Å². The van der Waals surface area contributed by atoms with Gasteiger partial charge in [-0.25, -0.2) is 0 Å². The second kappa shape index (κ2) is 9.84. The quantitative estimate of drug-likeness (QED) is 0.599. The Morgan fingerprint density at radius 3 is 2.04 bits per heavy atom. The summed E-state index contributed by atoms with van der Waals surface area (Å²) in [6.45, 7) is 11.8. The molecule has 0 bridgehead atoms. The standard InChI is InChI=1S/C18H29NO3Si/c1-6-20-23(21-7-2,22-8-3)13-12-16-10-9-11-17(15(4)5)18(16)14-19/h9-11,15H,6-8,12-13H2,1-5H3. The van der Waals surface area contributed by atoms with Crippen molar-refractivity contribution in [2.24, 2.45) is 0 Å². The number of hydrogen-bond acceptors (Lipinski definition) is 4. The number of benzene rings is 1. The lowest BCUT2D eigenvalue weighted by Crippen LogP contribution is -2.46. The van der Waals surface area contributed by atoms with E-state index in [0.717, 1.165) is 23.1 Å². The van der Waals surface area contributed by atoms with Crippen molar-refractivity contribution in [2.45, 2.75) is 53.0 Å². The van der Waals surface area contributed by atoms with Gasteiger partial charge in [-0.2, -0.15) is 5.26 Å². The molecule has 0 saturated heterocycles. The summed E-state index contributed by atoms with van der Waals surface area (Å²) in [7, 11) is -2.67. The van der Waals surface area contributed by atoms with Crippen molar-refractivity contribution in [1.82, 2.24) is 0 Å². The highest BCUT2D eigenvalue weighted by atomic mass is 28.4. The van der Waals surface area contributed by atoms with Crippen LogP contribution in [-0.2, 0) is 19.7 Å². The Hall–Kier alpha value is -1.19. The molecule has 1 aromatic rings. The summed E-state index contributed by atoms with van der Waals surface area (Å²) in [6.07, 6.45) is 0.732. The second-order valence-corrected chi connectivity index (χ2v) is 8.36. The third-order valence-corrected chi connectivity index (χ3v) is 6.76. The Balaban J connectivity index is 3.01. The van der Waals surface area contributed by atoms with Crippen LogP contribution >= 0.6 is 0 Å². The molecule has 0 aliphatic rings. The zero-order valence-corrected chi connectivity index (χ0v) is 16.0. The first-order chi connectivity index (χ1) is 11.0.